The molecule has 0 bridgehead atoms. The van der Waals surface area contributed by atoms with E-state index < -0.39 is 0 Å². The van der Waals surface area contributed by atoms with Crippen LogP contribution in [0.25, 0.3) is 0 Å². The topological polar surface area (TPSA) is 69.2 Å². The van der Waals surface area contributed by atoms with Gasteiger partial charge in [0.1, 0.15) is 5.75 Å². The van der Waals surface area contributed by atoms with Crippen LogP contribution in [-0.2, 0) is 11.3 Å². The SMILES string of the molecule is CCNC(=NCc1ccc(OCCCN(C)C)cc1)NCC1(C(=O)N(C)C)CCCC1. The van der Waals surface area contributed by atoms with Crippen LogP contribution in [0.15, 0.2) is 29.3 Å². The predicted molar refractivity (Wildman–Crippen MR) is 128 cm³/mol. The van der Waals surface area contributed by atoms with Gasteiger partial charge in [-0.3, -0.25) is 4.79 Å². The van der Waals surface area contributed by atoms with E-state index in [9.17, 15) is 4.79 Å². The van der Waals surface area contributed by atoms with E-state index in [1.54, 1.807) is 4.90 Å². The second kappa shape index (κ2) is 12.5. The molecular weight excluding hydrogens is 390 g/mol. The van der Waals surface area contributed by atoms with Gasteiger partial charge in [0.05, 0.1) is 18.6 Å². The standard InChI is InChI=1S/C24H41N5O2/c1-6-25-23(27-19-24(14-7-8-15-24)22(30)29(4)5)26-18-20-10-12-21(13-11-20)31-17-9-16-28(2)3/h10-13H,6-9,14-19H2,1-5H3,(H2,25,26,27). The zero-order chi connectivity index (χ0) is 22.7. The average molecular weight is 432 g/mol. The number of carbonyl (C=O) groups excluding carboxylic acids is 1. The van der Waals surface area contributed by atoms with Crippen molar-refractivity contribution < 1.29 is 9.53 Å². The molecule has 7 nitrogen and oxygen atoms in total. The lowest BCUT2D eigenvalue weighted by Crippen LogP contribution is -2.49. The van der Waals surface area contributed by atoms with Gasteiger partial charge in [-0.1, -0.05) is 25.0 Å². The molecule has 174 valence electrons. The molecule has 1 aliphatic rings. The lowest BCUT2D eigenvalue weighted by Gasteiger charge is -2.31. The number of benzene rings is 1. The molecule has 0 atom stereocenters. The van der Waals surface area contributed by atoms with E-state index >= 15 is 0 Å². The minimum absolute atomic E-state index is 0.217. The van der Waals surface area contributed by atoms with Crippen molar-refractivity contribution in [2.45, 2.75) is 45.6 Å². The second-order valence-electron chi connectivity index (χ2n) is 8.88. The summed E-state index contributed by atoms with van der Waals surface area (Å²) in [7, 11) is 7.83. The summed E-state index contributed by atoms with van der Waals surface area (Å²) in [5.74, 6) is 1.86. The van der Waals surface area contributed by atoms with Gasteiger partial charge >= 0.3 is 0 Å². The highest BCUT2D eigenvalue weighted by Gasteiger charge is 2.42. The molecular formula is C24H41N5O2. The summed E-state index contributed by atoms with van der Waals surface area (Å²) in [6.45, 7) is 5.77. The average Bonchev–Trinajstić information content (AvgIpc) is 3.23. The minimum atomic E-state index is -0.314. The fourth-order valence-corrected chi connectivity index (χ4v) is 4.02. The van der Waals surface area contributed by atoms with Gasteiger partial charge in [-0.15, -0.1) is 0 Å². The minimum Gasteiger partial charge on any atom is -0.494 e. The maximum absolute atomic E-state index is 12.8. The number of rotatable bonds is 11. The van der Waals surface area contributed by atoms with Gasteiger partial charge in [0, 0.05) is 33.7 Å². The van der Waals surface area contributed by atoms with Crippen LogP contribution in [0.2, 0.25) is 0 Å². The third kappa shape index (κ3) is 8.05. The molecule has 0 aromatic heterocycles. The number of amides is 1. The largest absolute Gasteiger partial charge is 0.494 e. The fraction of sp³-hybridized carbons (Fsp3) is 0.667. The Kier molecular flexibility index (Phi) is 10.1. The van der Waals surface area contributed by atoms with Gasteiger partial charge in [0.25, 0.3) is 0 Å². The zero-order valence-corrected chi connectivity index (χ0v) is 20.0. The number of nitrogens with one attached hydrogen (secondary N) is 2. The van der Waals surface area contributed by atoms with Crippen molar-refractivity contribution in [3.63, 3.8) is 0 Å². The molecule has 1 aromatic carbocycles. The first kappa shape index (κ1) is 25.0. The lowest BCUT2D eigenvalue weighted by atomic mass is 9.84. The molecule has 1 amide bonds. The van der Waals surface area contributed by atoms with Crippen molar-refractivity contribution in [2.24, 2.45) is 10.4 Å². The number of guanidine groups is 1. The number of hydrogen-bond donors (Lipinski definition) is 2. The van der Waals surface area contributed by atoms with Crippen molar-refractivity contribution >= 4 is 11.9 Å². The Morgan fingerprint density at radius 1 is 1.10 bits per heavy atom. The Hall–Kier alpha value is -2.28. The van der Waals surface area contributed by atoms with Crippen molar-refractivity contribution in [1.29, 1.82) is 0 Å². The van der Waals surface area contributed by atoms with E-state index in [4.69, 9.17) is 9.73 Å². The van der Waals surface area contributed by atoms with Crippen LogP contribution < -0.4 is 15.4 Å². The molecule has 0 heterocycles. The lowest BCUT2D eigenvalue weighted by molar-refractivity contribution is -0.138. The Morgan fingerprint density at radius 2 is 1.77 bits per heavy atom. The molecule has 0 aliphatic heterocycles. The Bertz CT molecular complexity index is 694. The van der Waals surface area contributed by atoms with Crippen LogP contribution >= 0.6 is 0 Å². The van der Waals surface area contributed by atoms with Gasteiger partial charge in [0.2, 0.25) is 5.91 Å². The normalized spacial score (nSPS) is 15.7. The molecule has 0 unspecified atom stereocenters. The van der Waals surface area contributed by atoms with Crippen LogP contribution in [0.3, 0.4) is 0 Å². The number of aliphatic imine (C=N–C) groups is 1. The van der Waals surface area contributed by atoms with Crippen LogP contribution in [0.4, 0.5) is 0 Å². The molecule has 1 fully saturated rings. The first-order valence-corrected chi connectivity index (χ1v) is 11.5. The number of hydrogen-bond acceptors (Lipinski definition) is 4. The second-order valence-corrected chi connectivity index (χ2v) is 8.88. The van der Waals surface area contributed by atoms with Gasteiger partial charge in [-0.05, 0) is 58.0 Å². The summed E-state index contributed by atoms with van der Waals surface area (Å²) in [5, 5.41) is 6.73. The maximum atomic E-state index is 12.8. The highest BCUT2D eigenvalue weighted by atomic mass is 16.5. The number of nitrogens with zero attached hydrogens (tertiary/aromatic N) is 3. The van der Waals surface area contributed by atoms with E-state index in [1.807, 2.05) is 26.2 Å². The van der Waals surface area contributed by atoms with Crippen molar-refractivity contribution in [2.75, 3.05) is 54.4 Å². The molecule has 0 saturated heterocycles. The van der Waals surface area contributed by atoms with Crippen molar-refractivity contribution in [3.05, 3.63) is 29.8 Å². The first-order chi connectivity index (χ1) is 14.9. The quantitative estimate of drug-likeness (QED) is 0.320. The van der Waals surface area contributed by atoms with Crippen LogP contribution in [0, 0.1) is 5.41 Å². The molecule has 0 spiro atoms. The monoisotopic (exact) mass is 431 g/mol. The highest BCUT2D eigenvalue weighted by molar-refractivity contribution is 5.85. The third-order valence-electron chi connectivity index (χ3n) is 5.72. The molecule has 1 aliphatic carbocycles. The molecule has 1 aromatic rings. The number of carbonyl (C=O) groups is 1. The summed E-state index contributed by atoms with van der Waals surface area (Å²) >= 11 is 0. The summed E-state index contributed by atoms with van der Waals surface area (Å²) < 4.78 is 5.80. The predicted octanol–water partition coefficient (Wildman–Crippen LogP) is 2.72. The third-order valence-corrected chi connectivity index (χ3v) is 5.72. The van der Waals surface area contributed by atoms with Crippen LogP contribution in [-0.4, -0.2) is 76.1 Å². The van der Waals surface area contributed by atoms with E-state index in [2.05, 4.69) is 48.7 Å². The van der Waals surface area contributed by atoms with Gasteiger partial charge in [-0.2, -0.15) is 0 Å². The van der Waals surface area contributed by atoms with Crippen molar-refractivity contribution in [3.8, 4) is 5.75 Å². The smallest absolute Gasteiger partial charge is 0.230 e. The highest BCUT2D eigenvalue weighted by Crippen LogP contribution is 2.38. The summed E-state index contributed by atoms with van der Waals surface area (Å²) in [6, 6.07) is 8.12. The van der Waals surface area contributed by atoms with Gasteiger partial charge in [0.15, 0.2) is 5.96 Å². The van der Waals surface area contributed by atoms with Crippen molar-refractivity contribution in [1.82, 2.24) is 20.4 Å². The molecule has 2 N–H and O–H groups in total. The van der Waals surface area contributed by atoms with Crippen LogP contribution in [0.1, 0.15) is 44.6 Å². The van der Waals surface area contributed by atoms with E-state index in [-0.39, 0.29) is 11.3 Å². The van der Waals surface area contributed by atoms with E-state index in [0.29, 0.717) is 13.1 Å². The zero-order valence-electron chi connectivity index (χ0n) is 20.0. The van der Waals surface area contributed by atoms with E-state index in [1.165, 1.54) is 0 Å². The molecule has 0 radical (unpaired) electrons. The molecule has 2 rings (SSSR count). The van der Waals surface area contributed by atoms with Gasteiger partial charge in [-0.25, -0.2) is 4.99 Å². The summed E-state index contributed by atoms with van der Waals surface area (Å²) in [6.07, 6.45) is 5.10. The van der Waals surface area contributed by atoms with E-state index in [0.717, 1.165) is 69.1 Å². The molecule has 7 heteroatoms. The number of ether oxygens (including phenoxy) is 1. The van der Waals surface area contributed by atoms with Crippen LogP contribution in [0.5, 0.6) is 5.75 Å². The maximum Gasteiger partial charge on any atom is 0.230 e. The Labute approximate surface area is 188 Å². The fourth-order valence-electron chi connectivity index (χ4n) is 4.02. The Balaban J connectivity index is 1.91. The summed E-state index contributed by atoms with van der Waals surface area (Å²) in [4.78, 5) is 21.4. The first-order valence-electron chi connectivity index (χ1n) is 11.5. The summed E-state index contributed by atoms with van der Waals surface area (Å²) in [5.41, 5.74) is 0.809. The van der Waals surface area contributed by atoms with Gasteiger partial charge < -0.3 is 25.2 Å². The molecule has 1 saturated carbocycles. The Morgan fingerprint density at radius 3 is 2.35 bits per heavy atom. The molecule has 31 heavy (non-hydrogen) atoms.